The fraction of sp³-hybridized carbons (Fsp3) is 0.571. The molecule has 2 nitrogen and oxygen atoms in total. The summed E-state index contributed by atoms with van der Waals surface area (Å²) in [4.78, 5) is 4.82. The topological polar surface area (TPSA) is 6.48 Å². The quantitative estimate of drug-likeness (QED) is 0.824. The summed E-state index contributed by atoms with van der Waals surface area (Å²) < 4.78 is 0. The van der Waals surface area contributed by atoms with Crippen LogP contribution in [-0.4, -0.2) is 32.4 Å². The lowest BCUT2D eigenvalue weighted by Gasteiger charge is -2.40. The summed E-state index contributed by atoms with van der Waals surface area (Å²) >= 11 is 4.45. The lowest BCUT2D eigenvalue weighted by atomic mass is 9.94. The maximum absolute atomic E-state index is 4.45. The van der Waals surface area contributed by atoms with Crippen molar-refractivity contribution in [1.82, 2.24) is 0 Å². The average molecular weight is 250 g/mol. The molecule has 1 aromatic carbocycles. The summed E-state index contributed by atoms with van der Waals surface area (Å²) in [5.41, 5.74) is 2.95. The number of likely N-dealkylation sites (N-methyl/N-ethyl adjacent to an activating group) is 1. The Morgan fingerprint density at radius 3 is 2.47 bits per heavy atom. The monoisotopic (exact) mass is 250 g/mol. The minimum atomic E-state index is 0.256. The van der Waals surface area contributed by atoms with Crippen molar-refractivity contribution < 1.29 is 0 Å². The van der Waals surface area contributed by atoms with Crippen molar-refractivity contribution in [3.05, 3.63) is 24.3 Å². The molecule has 1 heterocycles. The highest BCUT2D eigenvalue weighted by Gasteiger charge is 2.25. The van der Waals surface area contributed by atoms with Crippen LogP contribution in [0.15, 0.2) is 24.3 Å². The van der Waals surface area contributed by atoms with E-state index >= 15 is 0 Å². The van der Waals surface area contributed by atoms with Crippen LogP contribution in [0.25, 0.3) is 0 Å². The predicted molar refractivity (Wildman–Crippen MR) is 79.6 cm³/mol. The van der Waals surface area contributed by atoms with Gasteiger partial charge in [-0.3, -0.25) is 0 Å². The highest BCUT2D eigenvalue weighted by Crippen LogP contribution is 2.33. The third-order valence-corrected chi connectivity index (χ3v) is 4.24. The van der Waals surface area contributed by atoms with Crippen molar-refractivity contribution in [1.29, 1.82) is 0 Å². The molecule has 0 atom stereocenters. The van der Waals surface area contributed by atoms with E-state index in [9.17, 15) is 0 Å². The van der Waals surface area contributed by atoms with E-state index in [0.29, 0.717) is 0 Å². The zero-order valence-electron chi connectivity index (χ0n) is 11.0. The van der Waals surface area contributed by atoms with E-state index in [0.717, 1.165) is 25.4 Å². The number of hydrogen-bond donors (Lipinski definition) is 1. The van der Waals surface area contributed by atoms with Crippen molar-refractivity contribution in [2.45, 2.75) is 13.8 Å². The molecule has 0 aliphatic carbocycles. The van der Waals surface area contributed by atoms with E-state index in [1.54, 1.807) is 0 Å². The molecule has 0 N–H and O–H groups in total. The predicted octanol–water partition coefficient (Wildman–Crippen LogP) is 2.90. The summed E-state index contributed by atoms with van der Waals surface area (Å²) in [6.07, 6.45) is 0. The molecule has 94 valence electrons. The summed E-state index contributed by atoms with van der Waals surface area (Å²) in [6.45, 7) is 7.83. The Hall–Kier alpha value is -0.830. The van der Waals surface area contributed by atoms with E-state index in [2.05, 4.69) is 67.6 Å². The van der Waals surface area contributed by atoms with Crippen LogP contribution in [0.5, 0.6) is 0 Å². The first kappa shape index (κ1) is 12.6. The fourth-order valence-electron chi connectivity index (χ4n) is 2.30. The van der Waals surface area contributed by atoms with Crippen LogP contribution in [0, 0.1) is 5.41 Å². The van der Waals surface area contributed by atoms with Crippen molar-refractivity contribution >= 4 is 24.0 Å². The van der Waals surface area contributed by atoms with Crippen LogP contribution in [0.1, 0.15) is 13.8 Å². The van der Waals surface area contributed by atoms with Gasteiger partial charge in [0, 0.05) is 26.7 Å². The van der Waals surface area contributed by atoms with Crippen LogP contribution in [0.2, 0.25) is 0 Å². The summed E-state index contributed by atoms with van der Waals surface area (Å²) in [5.74, 6) is 0.918. The molecule has 0 unspecified atom stereocenters. The molecule has 0 aromatic heterocycles. The second-order valence-corrected chi connectivity index (χ2v) is 5.97. The molecular formula is C14H22N2S. The molecule has 17 heavy (non-hydrogen) atoms. The molecule has 1 aliphatic rings. The van der Waals surface area contributed by atoms with Gasteiger partial charge in [0.05, 0.1) is 11.4 Å². The number of hydrogen-bond acceptors (Lipinski definition) is 3. The Morgan fingerprint density at radius 2 is 1.82 bits per heavy atom. The van der Waals surface area contributed by atoms with E-state index in [4.69, 9.17) is 0 Å². The number of thiol groups is 1. The number of fused-ring (bicyclic) bond motifs is 1. The van der Waals surface area contributed by atoms with Crippen molar-refractivity contribution in [3.63, 3.8) is 0 Å². The fourth-order valence-corrected chi connectivity index (χ4v) is 2.40. The molecule has 0 amide bonds. The van der Waals surface area contributed by atoms with Gasteiger partial charge in [0.15, 0.2) is 0 Å². The first-order chi connectivity index (χ1) is 8.03. The van der Waals surface area contributed by atoms with Gasteiger partial charge in [-0.05, 0) is 23.3 Å². The van der Waals surface area contributed by atoms with E-state index in [1.165, 1.54) is 11.4 Å². The maximum atomic E-state index is 4.45. The number of anilines is 2. The SMILES string of the molecule is CN1CCN(CC(C)(C)CS)c2ccccc21. The smallest absolute Gasteiger partial charge is 0.0604 e. The highest BCUT2D eigenvalue weighted by atomic mass is 32.1. The third kappa shape index (κ3) is 2.71. The minimum absolute atomic E-state index is 0.256. The van der Waals surface area contributed by atoms with E-state index in [-0.39, 0.29) is 5.41 Å². The number of nitrogens with zero attached hydrogens (tertiary/aromatic N) is 2. The molecule has 1 aliphatic heterocycles. The van der Waals surface area contributed by atoms with Gasteiger partial charge in [-0.1, -0.05) is 26.0 Å². The van der Waals surface area contributed by atoms with Gasteiger partial charge < -0.3 is 9.80 Å². The molecule has 0 saturated heterocycles. The number of para-hydroxylation sites is 2. The van der Waals surface area contributed by atoms with Crippen LogP contribution in [0.4, 0.5) is 11.4 Å². The highest BCUT2D eigenvalue weighted by molar-refractivity contribution is 7.80. The molecule has 0 saturated carbocycles. The molecular weight excluding hydrogens is 228 g/mol. The molecule has 1 aromatic rings. The van der Waals surface area contributed by atoms with E-state index < -0.39 is 0 Å². The number of benzene rings is 1. The maximum Gasteiger partial charge on any atom is 0.0604 e. The second kappa shape index (κ2) is 4.81. The van der Waals surface area contributed by atoms with Crippen molar-refractivity contribution in [3.8, 4) is 0 Å². The molecule has 0 spiro atoms. The van der Waals surface area contributed by atoms with Crippen LogP contribution < -0.4 is 9.80 Å². The zero-order chi connectivity index (χ0) is 12.5. The van der Waals surface area contributed by atoms with Gasteiger partial charge in [-0.2, -0.15) is 12.6 Å². The Kier molecular flexibility index (Phi) is 3.57. The molecule has 3 heteroatoms. The Balaban J connectivity index is 2.24. The molecule has 2 rings (SSSR count). The number of rotatable bonds is 3. The zero-order valence-corrected chi connectivity index (χ0v) is 11.9. The van der Waals surface area contributed by atoms with Crippen molar-refractivity contribution in [2.24, 2.45) is 5.41 Å². The summed E-state index contributed by atoms with van der Waals surface area (Å²) in [6, 6.07) is 8.66. The lowest BCUT2D eigenvalue weighted by molar-refractivity contribution is 0.419. The van der Waals surface area contributed by atoms with Crippen LogP contribution in [0.3, 0.4) is 0 Å². The normalized spacial score (nSPS) is 16.0. The van der Waals surface area contributed by atoms with Crippen LogP contribution >= 0.6 is 12.6 Å². The Morgan fingerprint density at radius 1 is 1.18 bits per heavy atom. The lowest BCUT2D eigenvalue weighted by Crippen LogP contribution is -2.44. The summed E-state index contributed by atoms with van der Waals surface area (Å²) in [7, 11) is 2.17. The van der Waals surface area contributed by atoms with E-state index in [1.807, 2.05) is 0 Å². The Bertz CT molecular complexity index is 390. The van der Waals surface area contributed by atoms with Crippen LogP contribution in [-0.2, 0) is 0 Å². The van der Waals surface area contributed by atoms with Gasteiger partial charge in [0.2, 0.25) is 0 Å². The van der Waals surface area contributed by atoms with Crippen molar-refractivity contribution in [2.75, 3.05) is 42.2 Å². The van der Waals surface area contributed by atoms with Gasteiger partial charge in [0.1, 0.15) is 0 Å². The second-order valence-electron chi connectivity index (χ2n) is 5.65. The summed E-state index contributed by atoms with van der Waals surface area (Å²) in [5, 5.41) is 0. The average Bonchev–Trinajstić information content (AvgIpc) is 2.33. The van der Waals surface area contributed by atoms with Gasteiger partial charge in [0.25, 0.3) is 0 Å². The molecule has 0 fully saturated rings. The van der Waals surface area contributed by atoms with Gasteiger partial charge in [-0.15, -0.1) is 0 Å². The third-order valence-electron chi connectivity index (χ3n) is 3.39. The molecule has 0 radical (unpaired) electrons. The standard InChI is InChI=1S/C14H22N2S/c1-14(2,11-17)10-16-9-8-15(3)12-6-4-5-7-13(12)16/h4-7,17H,8-11H2,1-3H3. The molecule has 0 bridgehead atoms. The van der Waals surface area contributed by atoms with Gasteiger partial charge in [-0.25, -0.2) is 0 Å². The minimum Gasteiger partial charge on any atom is -0.371 e. The first-order valence-corrected chi connectivity index (χ1v) is 6.83. The largest absolute Gasteiger partial charge is 0.371 e. The van der Waals surface area contributed by atoms with Gasteiger partial charge >= 0.3 is 0 Å². The first-order valence-electron chi connectivity index (χ1n) is 6.19. The Labute approximate surface area is 110 Å².